The van der Waals surface area contributed by atoms with Gasteiger partial charge in [-0.2, -0.15) is 0 Å². The van der Waals surface area contributed by atoms with Crippen LogP contribution in [0.15, 0.2) is 47.5 Å². The minimum atomic E-state index is -0.162. The molecule has 2 aliphatic rings. The first kappa shape index (κ1) is 15.2. The Kier molecular flexibility index (Phi) is 3.56. The molecule has 1 atom stereocenters. The number of H-pyrrole nitrogens is 1. The molecular formula is C20H22N2O2. The summed E-state index contributed by atoms with van der Waals surface area (Å²) in [6.45, 7) is 3.20. The van der Waals surface area contributed by atoms with Crippen LogP contribution in [0.5, 0.6) is 0 Å². The van der Waals surface area contributed by atoms with Crippen molar-refractivity contribution in [2.45, 2.75) is 32.1 Å². The van der Waals surface area contributed by atoms with Crippen LogP contribution in [0.4, 0.5) is 0 Å². The highest BCUT2D eigenvalue weighted by atomic mass is 16.2. The van der Waals surface area contributed by atoms with Gasteiger partial charge in [-0.3, -0.25) is 9.59 Å². The maximum atomic E-state index is 12.9. The van der Waals surface area contributed by atoms with Crippen LogP contribution in [0.25, 0.3) is 0 Å². The number of pyridine rings is 1. The zero-order valence-corrected chi connectivity index (χ0v) is 13.9. The van der Waals surface area contributed by atoms with Crippen molar-refractivity contribution in [3.05, 3.63) is 69.6 Å². The van der Waals surface area contributed by atoms with Gasteiger partial charge in [0.05, 0.1) is 0 Å². The molecule has 1 aromatic heterocycles. The van der Waals surface area contributed by atoms with Gasteiger partial charge in [-0.15, -0.1) is 0 Å². The number of carbonyl (C=O) groups excluding carboxylic acids is 1. The second-order valence-electron chi connectivity index (χ2n) is 7.25. The number of rotatable bonds is 2. The van der Waals surface area contributed by atoms with Gasteiger partial charge in [-0.25, -0.2) is 0 Å². The predicted octanol–water partition coefficient (Wildman–Crippen LogP) is 3.09. The van der Waals surface area contributed by atoms with Crippen molar-refractivity contribution in [3.8, 4) is 0 Å². The topological polar surface area (TPSA) is 53.2 Å². The van der Waals surface area contributed by atoms with Crippen molar-refractivity contribution >= 4 is 5.91 Å². The van der Waals surface area contributed by atoms with Crippen LogP contribution >= 0.6 is 0 Å². The number of aromatic nitrogens is 1. The van der Waals surface area contributed by atoms with Crippen LogP contribution in [0.1, 0.15) is 46.7 Å². The summed E-state index contributed by atoms with van der Waals surface area (Å²) in [5.41, 5.74) is 2.19. The molecule has 0 bridgehead atoms. The van der Waals surface area contributed by atoms with E-state index in [0.717, 1.165) is 6.54 Å². The van der Waals surface area contributed by atoms with E-state index in [1.807, 2.05) is 11.0 Å². The molecule has 2 aromatic rings. The largest absolute Gasteiger partial charge is 0.366 e. The van der Waals surface area contributed by atoms with E-state index >= 15 is 0 Å². The van der Waals surface area contributed by atoms with Gasteiger partial charge >= 0.3 is 0 Å². The van der Waals surface area contributed by atoms with Gasteiger partial charge in [0.15, 0.2) is 5.43 Å². The molecule has 1 N–H and O–H groups in total. The fourth-order valence-electron chi connectivity index (χ4n) is 4.33. The molecule has 1 aliphatic carbocycles. The van der Waals surface area contributed by atoms with E-state index in [0.29, 0.717) is 18.0 Å². The fraction of sp³-hybridized carbons (Fsp3) is 0.400. The maximum absolute atomic E-state index is 12.9. The van der Waals surface area contributed by atoms with E-state index in [4.69, 9.17) is 0 Å². The minimum Gasteiger partial charge on any atom is -0.366 e. The molecule has 1 aliphatic heterocycles. The highest BCUT2D eigenvalue weighted by Crippen LogP contribution is 2.55. The lowest BCUT2D eigenvalue weighted by Crippen LogP contribution is -2.38. The first-order valence-electron chi connectivity index (χ1n) is 8.63. The van der Waals surface area contributed by atoms with E-state index < -0.39 is 0 Å². The van der Waals surface area contributed by atoms with E-state index in [-0.39, 0.29) is 22.3 Å². The summed E-state index contributed by atoms with van der Waals surface area (Å²) in [7, 11) is 0. The Morgan fingerprint density at radius 3 is 2.62 bits per heavy atom. The summed E-state index contributed by atoms with van der Waals surface area (Å²) < 4.78 is 0. The van der Waals surface area contributed by atoms with E-state index in [2.05, 4.69) is 29.2 Å². The summed E-state index contributed by atoms with van der Waals surface area (Å²) in [6.07, 6.45) is 6.75. The second kappa shape index (κ2) is 5.62. The Morgan fingerprint density at radius 2 is 1.96 bits per heavy atom. The summed E-state index contributed by atoms with van der Waals surface area (Å²) in [6, 6.07) is 10.5. The predicted molar refractivity (Wildman–Crippen MR) is 93.2 cm³/mol. The average molecular weight is 322 g/mol. The Balaban J connectivity index is 1.65. The lowest BCUT2D eigenvalue weighted by Gasteiger charge is -2.43. The monoisotopic (exact) mass is 322 g/mol. The molecule has 1 aromatic carbocycles. The first-order valence-corrected chi connectivity index (χ1v) is 8.63. The van der Waals surface area contributed by atoms with Gasteiger partial charge < -0.3 is 9.88 Å². The highest BCUT2D eigenvalue weighted by molar-refractivity contribution is 5.94. The van der Waals surface area contributed by atoms with Crippen LogP contribution in [0.2, 0.25) is 0 Å². The number of hydrogen-bond acceptors (Lipinski definition) is 2. The van der Waals surface area contributed by atoms with E-state index in [1.165, 1.54) is 24.8 Å². The maximum Gasteiger partial charge on any atom is 0.259 e. The van der Waals surface area contributed by atoms with Gasteiger partial charge in [0.1, 0.15) is 5.56 Å². The van der Waals surface area contributed by atoms with Gasteiger partial charge in [-0.05, 0) is 30.7 Å². The minimum absolute atomic E-state index is 0.135. The number of nitrogens with zero attached hydrogens (tertiary/aromatic N) is 1. The zero-order chi connectivity index (χ0) is 16.7. The molecule has 1 unspecified atom stereocenters. The molecule has 2 heterocycles. The van der Waals surface area contributed by atoms with Crippen molar-refractivity contribution in [1.82, 2.24) is 9.88 Å². The molecule has 2 fully saturated rings. The highest BCUT2D eigenvalue weighted by Gasteiger charge is 2.52. The average Bonchev–Trinajstić information content (AvgIpc) is 2.99. The van der Waals surface area contributed by atoms with Crippen molar-refractivity contribution in [2.75, 3.05) is 13.1 Å². The molecule has 4 rings (SSSR count). The summed E-state index contributed by atoms with van der Waals surface area (Å²) >= 11 is 0. The Hall–Kier alpha value is -2.36. The lowest BCUT2D eigenvalue weighted by molar-refractivity contribution is 0.0723. The molecule has 0 radical (unpaired) electrons. The standard InChI is InChI=1S/C20H22N2O2/c1-14-10-21-11-16(18(14)23)19(24)22-12-17(15-6-3-2-4-7-15)20(13-22)8-5-9-20/h2-4,6-7,10-11,17H,5,8-9,12-13H2,1H3,(H,21,23). The van der Waals surface area contributed by atoms with Crippen LogP contribution < -0.4 is 5.43 Å². The number of aryl methyl sites for hydroxylation is 1. The zero-order valence-electron chi connectivity index (χ0n) is 13.9. The van der Waals surface area contributed by atoms with Crippen molar-refractivity contribution in [3.63, 3.8) is 0 Å². The first-order chi connectivity index (χ1) is 11.6. The molecule has 4 heteroatoms. The lowest BCUT2D eigenvalue weighted by atomic mass is 9.61. The molecule has 1 saturated heterocycles. The van der Waals surface area contributed by atoms with Crippen LogP contribution in [-0.2, 0) is 0 Å². The Bertz CT molecular complexity index is 821. The number of aromatic amines is 1. The van der Waals surface area contributed by atoms with Gasteiger partial charge in [0, 0.05) is 37.0 Å². The quantitative estimate of drug-likeness (QED) is 0.924. The number of carbonyl (C=O) groups is 1. The van der Waals surface area contributed by atoms with E-state index in [1.54, 1.807) is 19.3 Å². The summed E-state index contributed by atoms with van der Waals surface area (Å²) in [4.78, 5) is 30.0. The number of hydrogen-bond donors (Lipinski definition) is 1. The second-order valence-corrected chi connectivity index (χ2v) is 7.25. The smallest absolute Gasteiger partial charge is 0.259 e. The van der Waals surface area contributed by atoms with Crippen molar-refractivity contribution < 1.29 is 4.79 Å². The van der Waals surface area contributed by atoms with Gasteiger partial charge in [0.2, 0.25) is 0 Å². The number of nitrogens with one attached hydrogen (secondary N) is 1. The molecule has 124 valence electrons. The van der Waals surface area contributed by atoms with Crippen molar-refractivity contribution in [1.29, 1.82) is 0 Å². The molecule has 24 heavy (non-hydrogen) atoms. The molecule has 4 nitrogen and oxygen atoms in total. The molecular weight excluding hydrogens is 300 g/mol. The summed E-state index contributed by atoms with van der Waals surface area (Å²) in [5, 5.41) is 0. The third-order valence-electron chi connectivity index (χ3n) is 5.85. The fourth-order valence-corrected chi connectivity index (χ4v) is 4.33. The molecule has 1 amide bonds. The number of benzene rings is 1. The van der Waals surface area contributed by atoms with Gasteiger partial charge in [0.25, 0.3) is 5.91 Å². The Labute approximate surface area is 141 Å². The molecule has 1 spiro atoms. The van der Waals surface area contributed by atoms with Crippen LogP contribution in [0.3, 0.4) is 0 Å². The number of amides is 1. The number of likely N-dealkylation sites (tertiary alicyclic amines) is 1. The van der Waals surface area contributed by atoms with E-state index in [9.17, 15) is 9.59 Å². The van der Waals surface area contributed by atoms with Crippen LogP contribution in [0, 0.1) is 12.3 Å². The van der Waals surface area contributed by atoms with Gasteiger partial charge in [-0.1, -0.05) is 36.8 Å². The van der Waals surface area contributed by atoms with Crippen molar-refractivity contribution in [2.24, 2.45) is 5.41 Å². The Morgan fingerprint density at radius 1 is 1.21 bits per heavy atom. The third kappa shape index (κ3) is 2.29. The SMILES string of the molecule is Cc1c[nH]cc(C(=O)N2CC(c3ccccc3)C3(CCC3)C2)c1=O. The summed E-state index contributed by atoms with van der Waals surface area (Å²) in [5.74, 6) is 0.241. The molecule has 1 saturated carbocycles. The van der Waals surface area contributed by atoms with Crippen LogP contribution in [-0.4, -0.2) is 28.9 Å². The normalized spacial score (nSPS) is 21.7. The third-order valence-corrected chi connectivity index (χ3v) is 5.85.